The maximum atomic E-state index is 9.81. The summed E-state index contributed by atoms with van der Waals surface area (Å²) in [6.07, 6.45) is 7.98. The molecule has 0 bridgehead atoms. The van der Waals surface area contributed by atoms with Crippen LogP contribution in [0.15, 0.2) is 4.99 Å². The Morgan fingerprint density at radius 1 is 1.25 bits per heavy atom. The zero-order valence-electron chi connectivity index (χ0n) is 10.8. The summed E-state index contributed by atoms with van der Waals surface area (Å²) in [4.78, 5) is 6.56. The second kappa shape index (κ2) is 7.66. The van der Waals surface area contributed by atoms with Gasteiger partial charge in [-0.25, -0.2) is 0 Å². The Balaban J connectivity index is 2.20. The van der Waals surface area contributed by atoms with Gasteiger partial charge in [0.15, 0.2) is 0 Å². The van der Waals surface area contributed by atoms with Crippen molar-refractivity contribution in [3.05, 3.63) is 0 Å². The molecule has 3 heteroatoms. The van der Waals surface area contributed by atoms with E-state index >= 15 is 0 Å². The molecule has 0 radical (unpaired) electrons. The molecule has 3 nitrogen and oxygen atoms in total. The molecule has 1 atom stereocenters. The number of unbranched alkanes of at least 4 members (excludes halogenated alkanes) is 4. The largest absolute Gasteiger partial charge is 0.374 e. The third-order valence-electron chi connectivity index (χ3n) is 3.20. The van der Waals surface area contributed by atoms with Gasteiger partial charge < -0.3 is 10.0 Å². The van der Waals surface area contributed by atoms with Crippen LogP contribution in [0, 0.1) is 0 Å². The maximum absolute atomic E-state index is 9.81. The Bertz CT molecular complexity index is 216. The normalized spacial score (nSPS) is 17.7. The fraction of sp³-hybridized carbons (Fsp3) is 0.923. The van der Waals surface area contributed by atoms with Gasteiger partial charge in [0.25, 0.3) is 0 Å². The van der Waals surface area contributed by atoms with Crippen molar-refractivity contribution < 1.29 is 5.11 Å². The van der Waals surface area contributed by atoms with Gasteiger partial charge in [-0.2, -0.15) is 0 Å². The molecule has 1 rings (SSSR count). The number of hydrogen-bond acceptors (Lipinski definition) is 3. The van der Waals surface area contributed by atoms with Crippen molar-refractivity contribution in [1.29, 1.82) is 0 Å². The quantitative estimate of drug-likeness (QED) is 0.646. The van der Waals surface area contributed by atoms with Crippen molar-refractivity contribution in [3.63, 3.8) is 0 Å². The van der Waals surface area contributed by atoms with E-state index in [4.69, 9.17) is 0 Å². The second-order valence-corrected chi connectivity index (χ2v) is 4.54. The minimum absolute atomic E-state index is 0.322. The van der Waals surface area contributed by atoms with Crippen LogP contribution in [0.25, 0.3) is 0 Å². The molecule has 1 aliphatic heterocycles. The van der Waals surface area contributed by atoms with Crippen molar-refractivity contribution in [2.24, 2.45) is 4.99 Å². The van der Waals surface area contributed by atoms with Gasteiger partial charge in [-0.3, -0.25) is 4.99 Å². The molecule has 0 aromatic carbocycles. The van der Waals surface area contributed by atoms with Gasteiger partial charge in [-0.1, -0.05) is 39.5 Å². The molecule has 1 heterocycles. The highest BCUT2D eigenvalue weighted by Gasteiger charge is 2.21. The van der Waals surface area contributed by atoms with E-state index in [-0.39, 0.29) is 6.23 Å². The second-order valence-electron chi connectivity index (χ2n) is 4.54. The molecule has 1 aliphatic rings. The molecule has 1 N–H and O–H groups in total. The SMILES string of the molecule is CCCCCCCC1=NCCN1C(O)CC. The molecule has 1 unspecified atom stereocenters. The highest BCUT2D eigenvalue weighted by molar-refractivity contribution is 5.83. The van der Waals surface area contributed by atoms with Gasteiger partial charge >= 0.3 is 0 Å². The number of nitrogens with zero attached hydrogens (tertiary/aromatic N) is 2. The molecule has 0 saturated carbocycles. The first-order valence-electron chi connectivity index (χ1n) is 6.77. The Labute approximate surface area is 99.6 Å². The van der Waals surface area contributed by atoms with Gasteiger partial charge in [0.05, 0.1) is 6.54 Å². The summed E-state index contributed by atoms with van der Waals surface area (Å²) < 4.78 is 0. The first-order chi connectivity index (χ1) is 7.79. The Morgan fingerprint density at radius 2 is 2.00 bits per heavy atom. The number of aliphatic hydroxyl groups excluding tert-OH is 1. The minimum Gasteiger partial charge on any atom is -0.374 e. The maximum Gasteiger partial charge on any atom is 0.127 e. The van der Waals surface area contributed by atoms with Gasteiger partial charge in [-0.05, 0) is 12.8 Å². The highest BCUT2D eigenvalue weighted by Crippen LogP contribution is 2.14. The van der Waals surface area contributed by atoms with Crippen LogP contribution < -0.4 is 0 Å². The summed E-state index contributed by atoms with van der Waals surface area (Å²) in [6.45, 7) is 6.02. The average molecular weight is 226 g/mol. The number of hydrogen-bond donors (Lipinski definition) is 1. The van der Waals surface area contributed by atoms with E-state index in [1.165, 1.54) is 32.1 Å². The van der Waals surface area contributed by atoms with Crippen LogP contribution in [-0.2, 0) is 0 Å². The molecule has 0 spiro atoms. The number of aliphatic imine (C=N–C) groups is 1. The van der Waals surface area contributed by atoms with Crippen molar-refractivity contribution in [3.8, 4) is 0 Å². The molecule has 0 aliphatic carbocycles. The predicted octanol–water partition coefficient (Wildman–Crippen LogP) is 2.79. The highest BCUT2D eigenvalue weighted by atomic mass is 16.3. The Morgan fingerprint density at radius 3 is 2.69 bits per heavy atom. The van der Waals surface area contributed by atoms with Crippen LogP contribution in [0.2, 0.25) is 0 Å². The summed E-state index contributed by atoms with van der Waals surface area (Å²) in [7, 11) is 0. The molecule has 0 aromatic heterocycles. The van der Waals surface area contributed by atoms with Crippen molar-refractivity contribution in [2.45, 2.75) is 65.0 Å². The summed E-state index contributed by atoms with van der Waals surface area (Å²) in [6, 6.07) is 0. The first-order valence-corrected chi connectivity index (χ1v) is 6.77. The summed E-state index contributed by atoms with van der Waals surface area (Å²) in [5.41, 5.74) is 0. The van der Waals surface area contributed by atoms with Gasteiger partial charge in [0, 0.05) is 13.0 Å². The Kier molecular flexibility index (Phi) is 6.46. The molecule has 0 saturated heterocycles. The van der Waals surface area contributed by atoms with Gasteiger partial charge in [0.2, 0.25) is 0 Å². The standard InChI is InChI=1S/C13H26N2O/c1-3-5-6-7-8-9-12-14-10-11-15(12)13(16)4-2/h13,16H,3-11H2,1-2H3. The van der Waals surface area contributed by atoms with E-state index in [2.05, 4.69) is 16.8 Å². The van der Waals surface area contributed by atoms with E-state index in [1.54, 1.807) is 0 Å². The van der Waals surface area contributed by atoms with Crippen LogP contribution in [0.4, 0.5) is 0 Å². The zero-order valence-corrected chi connectivity index (χ0v) is 10.8. The summed E-state index contributed by atoms with van der Waals surface area (Å²) in [5.74, 6) is 1.13. The van der Waals surface area contributed by atoms with Crippen LogP contribution >= 0.6 is 0 Å². The third kappa shape index (κ3) is 4.12. The fourth-order valence-electron chi connectivity index (χ4n) is 2.16. The lowest BCUT2D eigenvalue weighted by Crippen LogP contribution is -2.37. The molecular weight excluding hydrogens is 200 g/mol. The van der Waals surface area contributed by atoms with Crippen molar-refractivity contribution >= 4 is 5.84 Å². The molecule has 0 aromatic rings. The van der Waals surface area contributed by atoms with Crippen LogP contribution in [0.5, 0.6) is 0 Å². The van der Waals surface area contributed by atoms with Crippen molar-refractivity contribution in [2.75, 3.05) is 13.1 Å². The van der Waals surface area contributed by atoms with Gasteiger partial charge in [-0.15, -0.1) is 0 Å². The Hall–Kier alpha value is -0.570. The molecule has 16 heavy (non-hydrogen) atoms. The number of aliphatic hydroxyl groups is 1. The summed E-state index contributed by atoms with van der Waals surface area (Å²) in [5, 5.41) is 9.81. The van der Waals surface area contributed by atoms with Crippen LogP contribution in [0.1, 0.15) is 58.8 Å². The van der Waals surface area contributed by atoms with Crippen LogP contribution in [0.3, 0.4) is 0 Å². The molecule has 0 fully saturated rings. The number of amidine groups is 1. The average Bonchev–Trinajstić information content (AvgIpc) is 2.76. The van der Waals surface area contributed by atoms with Crippen LogP contribution in [-0.4, -0.2) is 35.2 Å². The minimum atomic E-state index is -0.322. The molecular formula is C13H26N2O. The topological polar surface area (TPSA) is 35.8 Å². The lowest BCUT2D eigenvalue weighted by atomic mass is 10.1. The smallest absolute Gasteiger partial charge is 0.127 e. The van der Waals surface area contributed by atoms with E-state index in [0.29, 0.717) is 0 Å². The lowest BCUT2D eigenvalue weighted by Gasteiger charge is -2.25. The fourth-order valence-corrected chi connectivity index (χ4v) is 2.16. The van der Waals surface area contributed by atoms with E-state index in [0.717, 1.165) is 31.8 Å². The molecule has 0 amide bonds. The predicted molar refractivity (Wildman–Crippen MR) is 68.7 cm³/mol. The number of rotatable bonds is 8. The zero-order chi connectivity index (χ0) is 11.8. The van der Waals surface area contributed by atoms with E-state index in [1.807, 2.05) is 6.92 Å². The summed E-state index contributed by atoms with van der Waals surface area (Å²) >= 11 is 0. The monoisotopic (exact) mass is 226 g/mol. The van der Waals surface area contributed by atoms with E-state index < -0.39 is 0 Å². The van der Waals surface area contributed by atoms with E-state index in [9.17, 15) is 5.11 Å². The van der Waals surface area contributed by atoms with Crippen molar-refractivity contribution in [1.82, 2.24) is 4.90 Å². The third-order valence-corrected chi connectivity index (χ3v) is 3.20. The lowest BCUT2D eigenvalue weighted by molar-refractivity contribution is 0.0558. The first kappa shape index (κ1) is 13.5. The van der Waals surface area contributed by atoms with Gasteiger partial charge in [0.1, 0.15) is 12.1 Å². The molecule has 94 valence electrons.